The van der Waals surface area contributed by atoms with Crippen LogP contribution in [0, 0.1) is 0 Å². The average molecular weight is 310 g/mol. The van der Waals surface area contributed by atoms with Gasteiger partial charge in [-0.3, -0.25) is 0 Å². The van der Waals surface area contributed by atoms with Gasteiger partial charge < -0.3 is 10.2 Å². The smallest absolute Gasteiger partial charge is 0.245 e. The van der Waals surface area contributed by atoms with Crippen molar-refractivity contribution in [3.05, 3.63) is 22.8 Å². The molecule has 2 aromatic heterocycles. The van der Waals surface area contributed by atoms with Gasteiger partial charge in [0.25, 0.3) is 0 Å². The second kappa shape index (κ2) is 4.85. The van der Waals surface area contributed by atoms with E-state index in [9.17, 15) is 0 Å². The lowest BCUT2D eigenvalue weighted by Gasteiger charge is -2.31. The van der Waals surface area contributed by atoms with Gasteiger partial charge in [-0.15, -0.1) is 5.10 Å². The maximum Gasteiger partial charge on any atom is 0.245 e. The maximum absolute atomic E-state index is 4.61. The predicted octanol–water partition coefficient (Wildman–Crippen LogP) is 1.68. The number of halogens is 1. The Kier molecular flexibility index (Phi) is 3.22. The topological polar surface area (TPSA) is 45.5 Å². The van der Waals surface area contributed by atoms with Gasteiger partial charge >= 0.3 is 0 Å². The molecule has 5 nitrogen and oxygen atoms in total. The molecule has 1 aliphatic rings. The Bertz CT molecular complexity index is 552. The van der Waals surface area contributed by atoms with E-state index in [1.54, 1.807) is 0 Å². The summed E-state index contributed by atoms with van der Waals surface area (Å²) < 4.78 is 2.80. The molecule has 1 N–H and O–H groups in total. The molecule has 2 aromatic rings. The van der Waals surface area contributed by atoms with Gasteiger partial charge in [0, 0.05) is 25.3 Å². The molecule has 3 rings (SSSR count). The third-order valence-corrected chi connectivity index (χ3v) is 4.03. The van der Waals surface area contributed by atoms with Crippen molar-refractivity contribution >= 4 is 27.5 Å². The van der Waals surface area contributed by atoms with Crippen LogP contribution in [-0.2, 0) is 0 Å². The number of pyridine rings is 1. The quantitative estimate of drug-likeness (QED) is 0.917. The molecule has 3 heterocycles. The first-order chi connectivity index (χ1) is 8.78. The molecule has 1 aliphatic heterocycles. The number of hydrogen-bond acceptors (Lipinski definition) is 4. The molecule has 0 aliphatic carbocycles. The van der Waals surface area contributed by atoms with Crippen LogP contribution in [0.15, 0.2) is 22.8 Å². The van der Waals surface area contributed by atoms with Crippen LogP contribution in [0.3, 0.4) is 0 Å². The third kappa shape index (κ3) is 2.10. The summed E-state index contributed by atoms with van der Waals surface area (Å²) in [7, 11) is 2.02. The fraction of sp³-hybridized carbons (Fsp3) is 0.500. The molecule has 0 radical (unpaired) electrons. The summed E-state index contributed by atoms with van der Waals surface area (Å²) in [5.74, 6) is 0.821. The van der Waals surface area contributed by atoms with E-state index in [0.717, 1.165) is 29.2 Å². The van der Waals surface area contributed by atoms with Crippen molar-refractivity contribution in [2.45, 2.75) is 18.9 Å². The van der Waals surface area contributed by atoms with E-state index in [2.05, 4.69) is 36.2 Å². The highest BCUT2D eigenvalue weighted by atomic mass is 79.9. The molecule has 0 bridgehead atoms. The Morgan fingerprint density at radius 2 is 2.39 bits per heavy atom. The van der Waals surface area contributed by atoms with E-state index in [4.69, 9.17) is 0 Å². The van der Waals surface area contributed by atoms with Gasteiger partial charge in [0.15, 0.2) is 5.65 Å². The lowest BCUT2D eigenvalue weighted by molar-refractivity contribution is 0.445. The van der Waals surface area contributed by atoms with Crippen molar-refractivity contribution in [3.63, 3.8) is 0 Å². The zero-order valence-corrected chi connectivity index (χ0v) is 11.9. The largest absolute Gasteiger partial charge is 0.338 e. The van der Waals surface area contributed by atoms with Gasteiger partial charge in [0.2, 0.25) is 5.95 Å². The van der Waals surface area contributed by atoms with Crippen molar-refractivity contribution in [3.8, 4) is 0 Å². The normalized spacial score (nSPS) is 20.6. The van der Waals surface area contributed by atoms with Crippen molar-refractivity contribution < 1.29 is 0 Å². The molecule has 1 fully saturated rings. The lowest BCUT2D eigenvalue weighted by atomic mass is 10.1. The molecule has 0 amide bonds. The van der Waals surface area contributed by atoms with Crippen LogP contribution in [0.25, 0.3) is 5.65 Å². The molecule has 96 valence electrons. The number of piperidine rings is 1. The van der Waals surface area contributed by atoms with Gasteiger partial charge in [-0.05, 0) is 48.0 Å². The molecular formula is C12H16BrN5. The Labute approximate surface area is 114 Å². The summed E-state index contributed by atoms with van der Waals surface area (Å²) in [6, 6.07) is 4.48. The van der Waals surface area contributed by atoms with Gasteiger partial charge in [-0.1, -0.05) is 0 Å². The second-order valence-electron chi connectivity index (χ2n) is 4.61. The molecule has 0 aromatic carbocycles. The summed E-state index contributed by atoms with van der Waals surface area (Å²) in [5.41, 5.74) is 0.874. The number of likely N-dealkylation sites (N-methyl/N-ethyl adjacent to an activating group) is 1. The molecule has 6 heteroatoms. The van der Waals surface area contributed by atoms with Crippen molar-refractivity contribution in [1.29, 1.82) is 0 Å². The Morgan fingerprint density at radius 3 is 3.17 bits per heavy atom. The van der Waals surface area contributed by atoms with E-state index >= 15 is 0 Å². The molecule has 1 unspecified atom stereocenters. The maximum atomic E-state index is 4.61. The fourth-order valence-electron chi connectivity index (χ4n) is 2.39. The van der Waals surface area contributed by atoms with Crippen LogP contribution in [0.4, 0.5) is 5.95 Å². The molecule has 1 saturated heterocycles. The van der Waals surface area contributed by atoms with Crippen LogP contribution in [0.5, 0.6) is 0 Å². The minimum absolute atomic E-state index is 0.536. The van der Waals surface area contributed by atoms with E-state index in [0.29, 0.717) is 6.04 Å². The Hall–Kier alpha value is -1.14. The number of aromatic nitrogens is 3. The Balaban J connectivity index is 1.92. The number of fused-ring (bicyclic) bond motifs is 1. The standard InChI is InChI=1S/C12H16BrN5/c1-14-9-4-2-6-17(8-9)12-15-11-10(13)5-3-7-18(11)16-12/h3,5,7,9,14H,2,4,6,8H2,1H3. The number of nitrogens with zero attached hydrogens (tertiary/aromatic N) is 4. The summed E-state index contributed by atoms with van der Waals surface area (Å²) >= 11 is 3.51. The zero-order chi connectivity index (χ0) is 12.5. The first-order valence-corrected chi connectivity index (χ1v) is 7.00. The highest BCUT2D eigenvalue weighted by molar-refractivity contribution is 9.10. The summed E-state index contributed by atoms with van der Waals surface area (Å²) in [4.78, 5) is 6.86. The Morgan fingerprint density at radius 1 is 1.50 bits per heavy atom. The van der Waals surface area contributed by atoms with E-state index in [-0.39, 0.29) is 0 Å². The summed E-state index contributed by atoms with van der Waals surface area (Å²) in [6.07, 6.45) is 4.34. The highest BCUT2D eigenvalue weighted by Gasteiger charge is 2.21. The van der Waals surface area contributed by atoms with Gasteiger partial charge in [0.1, 0.15) is 0 Å². The van der Waals surface area contributed by atoms with E-state index in [1.165, 1.54) is 12.8 Å². The number of nitrogens with one attached hydrogen (secondary N) is 1. The SMILES string of the molecule is CNC1CCCN(c2nc3c(Br)cccn3n2)C1. The molecule has 0 spiro atoms. The highest BCUT2D eigenvalue weighted by Crippen LogP contribution is 2.21. The molecular weight excluding hydrogens is 294 g/mol. The molecule has 0 saturated carbocycles. The van der Waals surface area contributed by atoms with E-state index < -0.39 is 0 Å². The van der Waals surface area contributed by atoms with Gasteiger partial charge in [-0.2, -0.15) is 4.98 Å². The van der Waals surface area contributed by atoms with Crippen LogP contribution in [-0.4, -0.2) is 40.8 Å². The van der Waals surface area contributed by atoms with Crippen LogP contribution >= 0.6 is 15.9 Å². The van der Waals surface area contributed by atoms with Crippen LogP contribution in [0.2, 0.25) is 0 Å². The van der Waals surface area contributed by atoms with Crippen LogP contribution in [0.1, 0.15) is 12.8 Å². The fourth-order valence-corrected chi connectivity index (χ4v) is 2.81. The minimum Gasteiger partial charge on any atom is -0.338 e. The predicted molar refractivity (Wildman–Crippen MR) is 75.0 cm³/mol. The molecule has 1 atom stereocenters. The van der Waals surface area contributed by atoms with Crippen molar-refractivity contribution in [2.24, 2.45) is 0 Å². The monoisotopic (exact) mass is 309 g/mol. The summed E-state index contributed by atoms with van der Waals surface area (Å²) in [5, 5.41) is 7.88. The van der Waals surface area contributed by atoms with Gasteiger partial charge in [0.05, 0.1) is 4.47 Å². The van der Waals surface area contributed by atoms with Crippen LogP contribution < -0.4 is 10.2 Å². The molecule has 18 heavy (non-hydrogen) atoms. The number of hydrogen-bond donors (Lipinski definition) is 1. The first-order valence-electron chi connectivity index (χ1n) is 6.21. The second-order valence-corrected chi connectivity index (χ2v) is 5.46. The zero-order valence-electron chi connectivity index (χ0n) is 10.3. The lowest BCUT2D eigenvalue weighted by Crippen LogP contribution is -2.44. The first kappa shape index (κ1) is 11.9. The van der Waals surface area contributed by atoms with Gasteiger partial charge in [-0.25, -0.2) is 4.52 Å². The van der Waals surface area contributed by atoms with Crippen molar-refractivity contribution in [2.75, 3.05) is 25.0 Å². The minimum atomic E-state index is 0.536. The third-order valence-electron chi connectivity index (χ3n) is 3.42. The summed E-state index contributed by atoms with van der Waals surface area (Å²) in [6.45, 7) is 2.01. The number of rotatable bonds is 2. The number of anilines is 1. The van der Waals surface area contributed by atoms with Crippen molar-refractivity contribution in [1.82, 2.24) is 19.9 Å². The average Bonchev–Trinajstić information content (AvgIpc) is 2.84. The van der Waals surface area contributed by atoms with E-state index in [1.807, 2.05) is 29.9 Å².